The van der Waals surface area contributed by atoms with E-state index in [-0.39, 0.29) is 11.7 Å². The van der Waals surface area contributed by atoms with E-state index in [1.54, 1.807) is 4.57 Å². The number of rotatable bonds is 4. The Labute approximate surface area is 80.7 Å². The zero-order chi connectivity index (χ0) is 9.84. The molecule has 0 amide bonds. The molecule has 0 saturated heterocycles. The van der Waals surface area contributed by atoms with E-state index in [2.05, 4.69) is 10.2 Å². The van der Waals surface area contributed by atoms with Gasteiger partial charge in [0.25, 0.3) is 0 Å². The first-order valence-electron chi connectivity index (χ1n) is 4.18. The molecule has 0 unspecified atom stereocenters. The molecule has 1 atom stereocenters. The van der Waals surface area contributed by atoms with Gasteiger partial charge in [-0.1, -0.05) is 11.8 Å². The van der Waals surface area contributed by atoms with Crippen LogP contribution in [0, 0.1) is 0 Å². The Kier molecular flexibility index (Phi) is 3.56. The molecular weight excluding hydrogens is 188 g/mol. The van der Waals surface area contributed by atoms with Crippen molar-refractivity contribution in [3.8, 4) is 0 Å². The van der Waals surface area contributed by atoms with Crippen LogP contribution in [0.5, 0.6) is 0 Å². The van der Waals surface area contributed by atoms with Crippen LogP contribution in [0.4, 0.5) is 0 Å². The Morgan fingerprint density at radius 2 is 2.46 bits per heavy atom. The topological polar surface area (TPSA) is 76.7 Å². The molecule has 3 N–H and O–H groups in total. The quantitative estimate of drug-likeness (QED) is 0.675. The zero-order valence-electron chi connectivity index (χ0n) is 7.78. The lowest BCUT2D eigenvalue weighted by Crippen LogP contribution is -2.19. The number of H-pyrrole nitrogens is 1. The van der Waals surface area contributed by atoms with E-state index in [1.807, 2.05) is 13.8 Å². The maximum Gasteiger partial charge on any atom is 0.343 e. The van der Waals surface area contributed by atoms with E-state index in [0.717, 1.165) is 5.75 Å². The Morgan fingerprint density at radius 1 is 1.77 bits per heavy atom. The molecule has 0 saturated carbocycles. The van der Waals surface area contributed by atoms with Crippen molar-refractivity contribution in [3.05, 3.63) is 10.5 Å². The lowest BCUT2D eigenvalue weighted by molar-refractivity contribution is 0.659. The summed E-state index contributed by atoms with van der Waals surface area (Å²) in [4.78, 5) is 11.1. The number of thioether (sulfide) groups is 1. The summed E-state index contributed by atoms with van der Waals surface area (Å²) in [6.45, 7) is 4.47. The summed E-state index contributed by atoms with van der Waals surface area (Å²) in [5.41, 5.74) is 5.43. The van der Waals surface area contributed by atoms with Crippen molar-refractivity contribution in [1.29, 1.82) is 0 Å². The van der Waals surface area contributed by atoms with Gasteiger partial charge < -0.3 is 5.73 Å². The largest absolute Gasteiger partial charge is 0.343 e. The van der Waals surface area contributed by atoms with Gasteiger partial charge in [-0.05, 0) is 13.8 Å². The first kappa shape index (κ1) is 10.3. The maximum atomic E-state index is 11.1. The average Bonchev–Trinajstić information content (AvgIpc) is 2.42. The molecule has 1 aromatic rings. The molecule has 0 radical (unpaired) electrons. The molecule has 6 heteroatoms. The maximum absolute atomic E-state index is 11.1. The van der Waals surface area contributed by atoms with Crippen molar-refractivity contribution in [2.45, 2.75) is 31.6 Å². The average molecular weight is 202 g/mol. The summed E-state index contributed by atoms with van der Waals surface area (Å²) in [5, 5.41) is 7.01. The summed E-state index contributed by atoms with van der Waals surface area (Å²) in [5.74, 6) is 0.768. The van der Waals surface area contributed by atoms with Gasteiger partial charge in [0.2, 0.25) is 0 Å². The van der Waals surface area contributed by atoms with Gasteiger partial charge in [0.1, 0.15) is 0 Å². The standard InChI is InChI=1S/C7H14N4OS/c1-3-11-6(12)9-10-7(11)13-4-5(2)8/h5H,3-4,8H2,1-2H3,(H,9,12)/t5-/m0/s1. The second-order valence-electron chi connectivity index (χ2n) is 2.84. The molecule has 5 nitrogen and oxygen atoms in total. The molecule has 0 bridgehead atoms. The molecule has 0 aliphatic heterocycles. The predicted molar refractivity (Wildman–Crippen MR) is 52.9 cm³/mol. The van der Waals surface area contributed by atoms with Crippen molar-refractivity contribution in [2.24, 2.45) is 5.73 Å². The van der Waals surface area contributed by atoms with Crippen LogP contribution in [-0.2, 0) is 6.54 Å². The second-order valence-corrected chi connectivity index (χ2v) is 3.83. The van der Waals surface area contributed by atoms with Crippen molar-refractivity contribution < 1.29 is 0 Å². The van der Waals surface area contributed by atoms with Crippen LogP contribution in [0.25, 0.3) is 0 Å². The third-order valence-electron chi connectivity index (χ3n) is 1.51. The zero-order valence-corrected chi connectivity index (χ0v) is 8.60. The monoisotopic (exact) mass is 202 g/mol. The molecule has 0 aliphatic carbocycles. The van der Waals surface area contributed by atoms with Gasteiger partial charge >= 0.3 is 5.69 Å². The number of nitrogens with two attached hydrogens (primary N) is 1. The van der Waals surface area contributed by atoms with E-state index in [1.165, 1.54) is 11.8 Å². The SMILES string of the molecule is CCn1c(SC[C@H](C)N)n[nH]c1=O. The van der Waals surface area contributed by atoms with Crippen LogP contribution >= 0.6 is 11.8 Å². The normalized spacial score (nSPS) is 13.2. The van der Waals surface area contributed by atoms with Crippen LogP contribution in [0.15, 0.2) is 9.95 Å². The van der Waals surface area contributed by atoms with Gasteiger partial charge in [-0.25, -0.2) is 9.89 Å². The highest BCUT2D eigenvalue weighted by Crippen LogP contribution is 2.12. The van der Waals surface area contributed by atoms with Crippen LogP contribution in [0.3, 0.4) is 0 Å². The van der Waals surface area contributed by atoms with E-state index in [9.17, 15) is 4.79 Å². The Balaban J connectivity index is 2.71. The number of nitrogens with zero attached hydrogens (tertiary/aromatic N) is 2. The lowest BCUT2D eigenvalue weighted by atomic mass is 10.4. The Hall–Kier alpha value is -0.750. The molecule has 1 aromatic heterocycles. The van der Waals surface area contributed by atoms with Crippen molar-refractivity contribution in [3.63, 3.8) is 0 Å². The molecule has 1 heterocycles. The van der Waals surface area contributed by atoms with Crippen molar-refractivity contribution in [2.75, 3.05) is 5.75 Å². The van der Waals surface area contributed by atoms with Crippen molar-refractivity contribution >= 4 is 11.8 Å². The Bertz CT molecular complexity index is 317. The molecule has 0 aromatic carbocycles. The Morgan fingerprint density at radius 3 is 3.00 bits per heavy atom. The number of hydrogen-bond acceptors (Lipinski definition) is 4. The molecule has 0 aliphatic rings. The summed E-state index contributed by atoms with van der Waals surface area (Å²) in [7, 11) is 0. The highest BCUT2D eigenvalue weighted by molar-refractivity contribution is 7.99. The first-order chi connectivity index (χ1) is 6.15. The third kappa shape index (κ3) is 2.60. The highest BCUT2D eigenvalue weighted by Gasteiger charge is 2.07. The van der Waals surface area contributed by atoms with Gasteiger partial charge in [0.05, 0.1) is 0 Å². The minimum atomic E-state index is -0.158. The number of aromatic amines is 1. The lowest BCUT2D eigenvalue weighted by Gasteiger charge is -2.03. The van der Waals surface area contributed by atoms with E-state index >= 15 is 0 Å². The van der Waals surface area contributed by atoms with Crippen LogP contribution in [0.1, 0.15) is 13.8 Å². The summed E-state index contributed by atoms with van der Waals surface area (Å²) in [6, 6.07) is 0.113. The number of nitrogens with one attached hydrogen (secondary N) is 1. The van der Waals surface area contributed by atoms with Gasteiger partial charge in [0.15, 0.2) is 5.16 Å². The summed E-state index contributed by atoms with van der Waals surface area (Å²) < 4.78 is 1.59. The summed E-state index contributed by atoms with van der Waals surface area (Å²) in [6.07, 6.45) is 0. The van der Waals surface area contributed by atoms with Gasteiger partial charge in [0, 0.05) is 18.3 Å². The molecule has 74 valence electrons. The van der Waals surface area contributed by atoms with E-state index < -0.39 is 0 Å². The predicted octanol–water partition coefficient (Wildman–Crippen LogP) is 0.0306. The van der Waals surface area contributed by atoms with E-state index in [4.69, 9.17) is 5.73 Å². The smallest absolute Gasteiger partial charge is 0.327 e. The van der Waals surface area contributed by atoms with Gasteiger partial charge in [-0.3, -0.25) is 4.57 Å². The fourth-order valence-corrected chi connectivity index (χ4v) is 1.79. The van der Waals surface area contributed by atoms with E-state index in [0.29, 0.717) is 11.7 Å². The second kappa shape index (κ2) is 4.48. The minimum absolute atomic E-state index is 0.113. The number of aromatic nitrogens is 3. The number of hydrogen-bond donors (Lipinski definition) is 2. The molecule has 0 spiro atoms. The fourth-order valence-electron chi connectivity index (χ4n) is 0.898. The molecule has 1 rings (SSSR count). The third-order valence-corrected chi connectivity index (χ3v) is 2.78. The fraction of sp³-hybridized carbons (Fsp3) is 0.714. The van der Waals surface area contributed by atoms with Gasteiger partial charge in [-0.15, -0.1) is 5.10 Å². The van der Waals surface area contributed by atoms with Crippen LogP contribution in [0.2, 0.25) is 0 Å². The molecular formula is C7H14N4OS. The van der Waals surface area contributed by atoms with Crippen LogP contribution in [-0.4, -0.2) is 26.6 Å². The molecule has 0 fully saturated rings. The van der Waals surface area contributed by atoms with Crippen molar-refractivity contribution in [1.82, 2.24) is 14.8 Å². The van der Waals surface area contributed by atoms with Gasteiger partial charge in [-0.2, -0.15) is 0 Å². The van der Waals surface area contributed by atoms with Crippen LogP contribution < -0.4 is 11.4 Å². The highest BCUT2D eigenvalue weighted by atomic mass is 32.2. The minimum Gasteiger partial charge on any atom is -0.327 e. The first-order valence-corrected chi connectivity index (χ1v) is 5.17. The summed E-state index contributed by atoms with van der Waals surface area (Å²) >= 11 is 1.50. The molecule has 13 heavy (non-hydrogen) atoms.